The summed E-state index contributed by atoms with van der Waals surface area (Å²) in [5, 5.41) is 2.18. The highest BCUT2D eigenvalue weighted by Gasteiger charge is 2.10. The number of hydrogen-bond acceptors (Lipinski definition) is 3. The highest BCUT2D eigenvalue weighted by atomic mass is 127. The number of hydrogen-bond donors (Lipinski definition) is 0. The number of fused-ring (bicyclic) bond motifs is 1. The number of carbonyl (C=O) groups excluding carboxylic acids is 1. The van der Waals surface area contributed by atoms with Crippen molar-refractivity contribution in [2.75, 3.05) is 14.2 Å². The van der Waals surface area contributed by atoms with Crippen LogP contribution < -0.4 is 9.47 Å². The Morgan fingerprint density at radius 1 is 0.960 bits per heavy atom. The monoisotopic (exact) mass is 444 g/mol. The van der Waals surface area contributed by atoms with Gasteiger partial charge in [0.2, 0.25) is 0 Å². The topological polar surface area (TPSA) is 35.5 Å². The summed E-state index contributed by atoms with van der Waals surface area (Å²) in [5.41, 5.74) is 1.56. The number of rotatable bonds is 5. The zero-order valence-electron chi connectivity index (χ0n) is 14.0. The third kappa shape index (κ3) is 3.85. The number of ether oxygens (including phenoxy) is 2. The van der Waals surface area contributed by atoms with E-state index < -0.39 is 0 Å². The lowest BCUT2D eigenvalue weighted by molar-refractivity contribution is 0.104. The first-order valence-electron chi connectivity index (χ1n) is 7.75. The first kappa shape index (κ1) is 17.5. The van der Waals surface area contributed by atoms with Gasteiger partial charge in [-0.1, -0.05) is 42.5 Å². The van der Waals surface area contributed by atoms with E-state index in [0.717, 1.165) is 19.9 Å². The summed E-state index contributed by atoms with van der Waals surface area (Å²) in [5.74, 6) is 1.31. The van der Waals surface area contributed by atoms with Crippen LogP contribution in [0.25, 0.3) is 16.8 Å². The fraction of sp³-hybridized carbons (Fsp3) is 0.0952. The molecule has 0 aliphatic rings. The molecule has 0 aliphatic heterocycles. The van der Waals surface area contributed by atoms with Gasteiger partial charge in [0.25, 0.3) is 0 Å². The van der Waals surface area contributed by atoms with Gasteiger partial charge in [0.1, 0.15) is 0 Å². The van der Waals surface area contributed by atoms with E-state index in [-0.39, 0.29) is 5.78 Å². The van der Waals surface area contributed by atoms with E-state index in [2.05, 4.69) is 22.6 Å². The lowest BCUT2D eigenvalue weighted by atomic mass is 10.0. The molecule has 0 saturated carbocycles. The maximum Gasteiger partial charge on any atom is 0.185 e. The van der Waals surface area contributed by atoms with Crippen LogP contribution in [0, 0.1) is 3.57 Å². The molecule has 0 radical (unpaired) electrons. The van der Waals surface area contributed by atoms with E-state index in [0.29, 0.717) is 17.1 Å². The third-order valence-electron chi connectivity index (χ3n) is 3.92. The molecule has 0 N–H and O–H groups in total. The molecule has 0 saturated heterocycles. The average molecular weight is 444 g/mol. The van der Waals surface area contributed by atoms with Crippen LogP contribution in [0.15, 0.2) is 60.7 Å². The van der Waals surface area contributed by atoms with Crippen molar-refractivity contribution >= 4 is 45.2 Å². The van der Waals surface area contributed by atoms with Gasteiger partial charge in [-0.2, -0.15) is 0 Å². The summed E-state index contributed by atoms with van der Waals surface area (Å²) in [6.45, 7) is 0. The molecule has 3 nitrogen and oxygen atoms in total. The summed E-state index contributed by atoms with van der Waals surface area (Å²) in [7, 11) is 3.21. The van der Waals surface area contributed by atoms with Gasteiger partial charge in [-0.05, 0) is 63.2 Å². The molecule has 0 heterocycles. The molecule has 0 unspecified atom stereocenters. The van der Waals surface area contributed by atoms with Crippen molar-refractivity contribution in [3.05, 3.63) is 75.4 Å². The Kier molecular flexibility index (Phi) is 5.38. The molecule has 0 bridgehead atoms. The highest BCUT2D eigenvalue weighted by Crippen LogP contribution is 2.33. The van der Waals surface area contributed by atoms with Gasteiger partial charge in [0.05, 0.1) is 17.8 Å². The zero-order chi connectivity index (χ0) is 17.8. The lowest BCUT2D eigenvalue weighted by Crippen LogP contribution is -1.95. The molecule has 0 amide bonds. The van der Waals surface area contributed by atoms with Crippen LogP contribution in [0.1, 0.15) is 15.9 Å². The Bertz CT molecular complexity index is 961. The quantitative estimate of drug-likeness (QED) is 0.302. The minimum absolute atomic E-state index is 0.0319. The first-order chi connectivity index (χ1) is 12.1. The Morgan fingerprint density at radius 3 is 2.44 bits per heavy atom. The van der Waals surface area contributed by atoms with Crippen LogP contribution in [0.3, 0.4) is 0 Å². The van der Waals surface area contributed by atoms with Crippen molar-refractivity contribution < 1.29 is 14.3 Å². The fourth-order valence-corrected chi connectivity index (χ4v) is 3.49. The maximum atomic E-state index is 12.5. The minimum atomic E-state index is -0.0319. The number of allylic oxidation sites excluding steroid dienone is 1. The molecule has 0 atom stereocenters. The third-order valence-corrected chi connectivity index (χ3v) is 4.72. The summed E-state index contributed by atoms with van der Waals surface area (Å²) in [4.78, 5) is 12.5. The van der Waals surface area contributed by atoms with Crippen molar-refractivity contribution in [2.45, 2.75) is 0 Å². The molecular formula is C21H17IO3. The lowest BCUT2D eigenvalue weighted by Gasteiger charge is -2.10. The number of carbonyl (C=O) groups is 1. The summed E-state index contributed by atoms with van der Waals surface area (Å²) >= 11 is 2.19. The molecule has 0 aliphatic carbocycles. The SMILES string of the molecule is COc1cc(/C=C/C(=O)c2ccc3ccccc3c2)cc(I)c1OC. The summed E-state index contributed by atoms with van der Waals surface area (Å²) in [6.07, 6.45) is 3.38. The van der Waals surface area contributed by atoms with Crippen molar-refractivity contribution in [2.24, 2.45) is 0 Å². The largest absolute Gasteiger partial charge is 0.493 e. The fourth-order valence-electron chi connectivity index (χ4n) is 2.64. The molecule has 3 rings (SSSR count). The summed E-state index contributed by atoms with van der Waals surface area (Å²) in [6, 6.07) is 17.5. The van der Waals surface area contributed by atoms with E-state index in [1.54, 1.807) is 26.4 Å². The first-order valence-corrected chi connectivity index (χ1v) is 8.83. The van der Waals surface area contributed by atoms with E-state index in [4.69, 9.17) is 9.47 Å². The molecule has 126 valence electrons. The van der Waals surface area contributed by atoms with Gasteiger partial charge < -0.3 is 9.47 Å². The minimum Gasteiger partial charge on any atom is -0.493 e. The Labute approximate surface area is 160 Å². The smallest absolute Gasteiger partial charge is 0.185 e. The van der Waals surface area contributed by atoms with Crippen LogP contribution in [0.5, 0.6) is 11.5 Å². The summed E-state index contributed by atoms with van der Waals surface area (Å²) < 4.78 is 11.6. The van der Waals surface area contributed by atoms with Crippen molar-refractivity contribution in [3.63, 3.8) is 0 Å². The van der Waals surface area contributed by atoms with Crippen LogP contribution in [0.2, 0.25) is 0 Å². The molecule has 3 aromatic rings. The van der Waals surface area contributed by atoms with E-state index in [1.807, 2.05) is 54.6 Å². The van der Waals surface area contributed by atoms with Crippen molar-refractivity contribution in [1.82, 2.24) is 0 Å². The zero-order valence-corrected chi connectivity index (χ0v) is 16.1. The molecule has 3 aromatic carbocycles. The number of methoxy groups -OCH3 is 2. The molecule has 0 fully saturated rings. The average Bonchev–Trinajstić information content (AvgIpc) is 2.65. The second-order valence-corrected chi connectivity index (χ2v) is 6.66. The van der Waals surface area contributed by atoms with E-state index >= 15 is 0 Å². The van der Waals surface area contributed by atoms with Crippen LogP contribution in [-0.2, 0) is 0 Å². The Morgan fingerprint density at radius 2 is 1.72 bits per heavy atom. The highest BCUT2D eigenvalue weighted by molar-refractivity contribution is 14.1. The van der Waals surface area contributed by atoms with Crippen LogP contribution >= 0.6 is 22.6 Å². The van der Waals surface area contributed by atoms with Gasteiger partial charge in [-0.15, -0.1) is 0 Å². The van der Waals surface area contributed by atoms with Gasteiger partial charge in [-0.25, -0.2) is 0 Å². The molecular weight excluding hydrogens is 427 g/mol. The Balaban J connectivity index is 1.87. The standard InChI is InChI=1S/C21H17IO3/c1-24-20-12-14(11-18(22)21(20)25-2)7-10-19(23)17-9-8-15-5-3-4-6-16(15)13-17/h3-13H,1-2H3/b10-7+. The predicted octanol–water partition coefficient (Wildman–Crippen LogP) is 5.36. The van der Waals surface area contributed by atoms with Crippen LogP contribution in [0.4, 0.5) is 0 Å². The molecule has 0 aromatic heterocycles. The molecule has 25 heavy (non-hydrogen) atoms. The normalized spacial score (nSPS) is 11.0. The molecule has 4 heteroatoms. The maximum absolute atomic E-state index is 12.5. The Hall–Kier alpha value is -2.34. The molecule has 0 spiro atoms. The van der Waals surface area contributed by atoms with Crippen molar-refractivity contribution in [1.29, 1.82) is 0 Å². The van der Waals surface area contributed by atoms with Crippen molar-refractivity contribution in [3.8, 4) is 11.5 Å². The van der Waals surface area contributed by atoms with Gasteiger partial charge in [0, 0.05) is 5.56 Å². The van der Waals surface area contributed by atoms with E-state index in [1.165, 1.54) is 0 Å². The predicted molar refractivity (Wildman–Crippen MR) is 110 cm³/mol. The number of ketones is 1. The van der Waals surface area contributed by atoms with Gasteiger partial charge in [-0.3, -0.25) is 4.79 Å². The van der Waals surface area contributed by atoms with Gasteiger partial charge in [0.15, 0.2) is 17.3 Å². The van der Waals surface area contributed by atoms with E-state index in [9.17, 15) is 4.79 Å². The number of benzene rings is 3. The second-order valence-electron chi connectivity index (χ2n) is 5.50. The van der Waals surface area contributed by atoms with Gasteiger partial charge >= 0.3 is 0 Å². The second kappa shape index (κ2) is 7.70. The van der Waals surface area contributed by atoms with Crippen LogP contribution in [-0.4, -0.2) is 20.0 Å². The number of halogens is 1.